The molecular formula is C16H27NOS. The molecule has 19 heavy (non-hydrogen) atoms. The molecule has 3 heteroatoms. The Kier molecular flexibility index (Phi) is 7.99. The van der Waals surface area contributed by atoms with E-state index in [2.05, 4.69) is 44.3 Å². The highest BCUT2D eigenvalue weighted by Gasteiger charge is 2.06. The number of rotatable bonds is 9. The zero-order valence-electron chi connectivity index (χ0n) is 12.4. The molecule has 2 nitrogen and oxygen atoms in total. The van der Waals surface area contributed by atoms with Crippen molar-refractivity contribution in [2.24, 2.45) is 0 Å². The van der Waals surface area contributed by atoms with Gasteiger partial charge in [-0.1, -0.05) is 43.7 Å². The molecule has 0 saturated heterocycles. The zero-order chi connectivity index (χ0) is 14.1. The maximum absolute atomic E-state index is 12.0. The fourth-order valence-electron chi connectivity index (χ4n) is 2.29. The van der Waals surface area contributed by atoms with Crippen LogP contribution in [-0.2, 0) is 16.6 Å². The van der Waals surface area contributed by atoms with Crippen LogP contribution in [0.4, 0.5) is 0 Å². The van der Waals surface area contributed by atoms with E-state index in [1.165, 1.54) is 11.1 Å². The normalized spacial score (nSPS) is 14.3. The average Bonchev–Trinajstić information content (AvgIpc) is 2.37. The summed E-state index contributed by atoms with van der Waals surface area (Å²) in [4.78, 5) is 0. The van der Waals surface area contributed by atoms with E-state index in [1.54, 1.807) is 0 Å². The third kappa shape index (κ3) is 6.88. The van der Waals surface area contributed by atoms with E-state index in [9.17, 15) is 4.21 Å². The summed E-state index contributed by atoms with van der Waals surface area (Å²) in [6, 6.07) is 8.90. The van der Waals surface area contributed by atoms with Gasteiger partial charge in [0, 0.05) is 28.3 Å². The third-order valence-electron chi connectivity index (χ3n) is 3.32. The summed E-state index contributed by atoms with van der Waals surface area (Å²) in [6.45, 7) is 7.44. The van der Waals surface area contributed by atoms with E-state index in [-0.39, 0.29) is 0 Å². The maximum atomic E-state index is 12.0. The van der Waals surface area contributed by atoms with E-state index in [1.807, 2.05) is 6.07 Å². The quantitative estimate of drug-likeness (QED) is 0.751. The van der Waals surface area contributed by atoms with Crippen LogP contribution >= 0.6 is 0 Å². The predicted molar refractivity (Wildman–Crippen MR) is 84.9 cm³/mol. The smallest absolute Gasteiger partial charge is 0.0485 e. The second-order valence-corrected chi connectivity index (χ2v) is 6.66. The molecule has 0 saturated carbocycles. The highest BCUT2D eigenvalue weighted by Crippen LogP contribution is 2.09. The van der Waals surface area contributed by atoms with Gasteiger partial charge in [-0.25, -0.2) is 0 Å². The zero-order valence-corrected chi connectivity index (χ0v) is 13.3. The minimum absolute atomic E-state index is 0.584. The van der Waals surface area contributed by atoms with Gasteiger partial charge in [0.05, 0.1) is 0 Å². The van der Waals surface area contributed by atoms with Gasteiger partial charge >= 0.3 is 0 Å². The minimum Gasteiger partial charge on any atom is -0.314 e. The Labute approximate surface area is 120 Å². The summed E-state index contributed by atoms with van der Waals surface area (Å²) in [5.41, 5.74) is 2.43. The molecule has 2 unspecified atom stereocenters. The van der Waals surface area contributed by atoms with Crippen molar-refractivity contribution in [3.8, 4) is 0 Å². The van der Waals surface area contributed by atoms with Crippen molar-refractivity contribution in [2.75, 3.05) is 12.3 Å². The van der Waals surface area contributed by atoms with Crippen molar-refractivity contribution in [2.45, 2.75) is 51.8 Å². The highest BCUT2D eigenvalue weighted by atomic mass is 32.2. The highest BCUT2D eigenvalue weighted by molar-refractivity contribution is 7.84. The van der Waals surface area contributed by atoms with Crippen LogP contribution < -0.4 is 5.32 Å². The molecule has 108 valence electrons. The van der Waals surface area contributed by atoms with Gasteiger partial charge in [0.1, 0.15) is 0 Å². The lowest BCUT2D eigenvalue weighted by Gasteiger charge is -2.15. The molecule has 1 aromatic rings. The lowest BCUT2D eigenvalue weighted by Crippen LogP contribution is -2.28. The van der Waals surface area contributed by atoms with Gasteiger partial charge in [0.2, 0.25) is 0 Å². The van der Waals surface area contributed by atoms with Crippen LogP contribution in [-0.4, -0.2) is 22.5 Å². The Balaban J connectivity index is 2.28. The largest absolute Gasteiger partial charge is 0.314 e. The molecule has 0 aliphatic rings. The first-order valence-electron chi connectivity index (χ1n) is 7.29. The summed E-state index contributed by atoms with van der Waals surface area (Å²) in [5.74, 6) is 1.51. The summed E-state index contributed by atoms with van der Waals surface area (Å²) in [6.07, 6.45) is 3.33. The third-order valence-corrected chi connectivity index (χ3v) is 4.72. The molecule has 0 amide bonds. The Morgan fingerprint density at radius 3 is 2.74 bits per heavy atom. The molecule has 0 radical (unpaired) electrons. The van der Waals surface area contributed by atoms with Crippen LogP contribution in [0.3, 0.4) is 0 Å². The van der Waals surface area contributed by atoms with Gasteiger partial charge in [0.15, 0.2) is 0 Å². The maximum Gasteiger partial charge on any atom is 0.0485 e. The van der Waals surface area contributed by atoms with Crippen molar-refractivity contribution >= 4 is 10.8 Å². The minimum atomic E-state index is -0.729. The standard InChI is InChI=1S/C16H27NOS/c1-4-16(17-5-2)10-7-11-19(18)13-15-9-6-8-14(3)12-15/h6,8-9,12,16-17H,4-5,7,10-11,13H2,1-3H3. The van der Waals surface area contributed by atoms with Crippen molar-refractivity contribution in [3.63, 3.8) is 0 Å². The molecule has 0 spiro atoms. The first-order valence-corrected chi connectivity index (χ1v) is 8.78. The first-order chi connectivity index (χ1) is 9.15. The molecular weight excluding hydrogens is 254 g/mol. The SMILES string of the molecule is CCNC(CC)CCCS(=O)Cc1cccc(C)c1. The fourth-order valence-corrected chi connectivity index (χ4v) is 3.47. The summed E-state index contributed by atoms with van der Waals surface area (Å²) in [5, 5.41) is 3.46. The lowest BCUT2D eigenvalue weighted by atomic mass is 10.1. The van der Waals surface area contributed by atoms with Crippen LogP contribution in [0.25, 0.3) is 0 Å². The van der Waals surface area contributed by atoms with E-state index in [0.29, 0.717) is 11.8 Å². The lowest BCUT2D eigenvalue weighted by molar-refractivity contribution is 0.476. The van der Waals surface area contributed by atoms with Crippen molar-refractivity contribution in [3.05, 3.63) is 35.4 Å². The Bertz CT molecular complexity index is 392. The van der Waals surface area contributed by atoms with E-state index in [4.69, 9.17) is 0 Å². The molecule has 0 fully saturated rings. The molecule has 0 bridgehead atoms. The van der Waals surface area contributed by atoms with Crippen molar-refractivity contribution in [1.29, 1.82) is 0 Å². The topological polar surface area (TPSA) is 29.1 Å². The Hall–Kier alpha value is -0.670. The van der Waals surface area contributed by atoms with Crippen LogP contribution in [0.5, 0.6) is 0 Å². The molecule has 1 rings (SSSR count). The van der Waals surface area contributed by atoms with Gasteiger partial charge in [-0.05, 0) is 38.3 Å². The number of aryl methyl sites for hydroxylation is 1. The van der Waals surface area contributed by atoms with Gasteiger partial charge < -0.3 is 5.32 Å². The Morgan fingerprint density at radius 1 is 1.32 bits per heavy atom. The molecule has 0 aromatic heterocycles. The van der Waals surface area contributed by atoms with Crippen molar-refractivity contribution in [1.82, 2.24) is 5.32 Å². The molecule has 0 heterocycles. The van der Waals surface area contributed by atoms with Gasteiger partial charge in [0.25, 0.3) is 0 Å². The van der Waals surface area contributed by atoms with Crippen LogP contribution in [0.15, 0.2) is 24.3 Å². The van der Waals surface area contributed by atoms with Crippen LogP contribution in [0.1, 0.15) is 44.2 Å². The van der Waals surface area contributed by atoms with Crippen molar-refractivity contribution < 1.29 is 4.21 Å². The molecule has 1 N–H and O–H groups in total. The molecule has 2 atom stereocenters. The second-order valence-electron chi connectivity index (χ2n) is 5.08. The molecule has 0 aliphatic heterocycles. The first kappa shape index (κ1) is 16.4. The second kappa shape index (κ2) is 9.27. The fraction of sp³-hybridized carbons (Fsp3) is 0.625. The summed E-state index contributed by atoms with van der Waals surface area (Å²) >= 11 is 0. The van der Waals surface area contributed by atoms with E-state index >= 15 is 0 Å². The molecule has 0 aliphatic carbocycles. The number of hydrogen-bond acceptors (Lipinski definition) is 2. The van der Waals surface area contributed by atoms with Crippen LogP contribution in [0.2, 0.25) is 0 Å². The van der Waals surface area contributed by atoms with Gasteiger partial charge in [-0.2, -0.15) is 0 Å². The number of nitrogens with one attached hydrogen (secondary N) is 1. The number of benzene rings is 1. The van der Waals surface area contributed by atoms with Gasteiger partial charge in [-0.3, -0.25) is 4.21 Å². The predicted octanol–water partition coefficient (Wildman–Crippen LogP) is 3.41. The average molecular weight is 281 g/mol. The summed E-state index contributed by atoms with van der Waals surface area (Å²) in [7, 11) is -0.729. The van der Waals surface area contributed by atoms with E-state index < -0.39 is 10.8 Å². The van der Waals surface area contributed by atoms with Crippen LogP contribution in [0, 0.1) is 6.92 Å². The monoisotopic (exact) mass is 281 g/mol. The summed E-state index contributed by atoms with van der Waals surface area (Å²) < 4.78 is 12.0. The number of hydrogen-bond donors (Lipinski definition) is 1. The molecule has 1 aromatic carbocycles. The van der Waals surface area contributed by atoms with E-state index in [0.717, 1.165) is 31.6 Å². The van der Waals surface area contributed by atoms with Gasteiger partial charge in [-0.15, -0.1) is 0 Å². The Morgan fingerprint density at radius 2 is 2.11 bits per heavy atom.